The molecule has 2 saturated heterocycles. The van der Waals surface area contributed by atoms with Crippen LogP contribution in [0.25, 0.3) is 0 Å². The maximum atomic E-state index is 11.9. The Bertz CT molecular complexity index is 295. The van der Waals surface area contributed by atoms with Crippen molar-refractivity contribution in [1.82, 2.24) is 16.0 Å². The molecule has 0 aromatic rings. The van der Waals surface area contributed by atoms with E-state index in [2.05, 4.69) is 16.0 Å². The van der Waals surface area contributed by atoms with Crippen LogP contribution >= 0.6 is 0 Å². The molecule has 3 unspecified atom stereocenters. The highest BCUT2D eigenvalue weighted by molar-refractivity contribution is 5.83. The fourth-order valence-electron chi connectivity index (χ4n) is 2.11. The third-order valence-corrected chi connectivity index (χ3v) is 3.11. The second-order valence-electron chi connectivity index (χ2n) is 4.25. The van der Waals surface area contributed by atoms with Crippen molar-refractivity contribution in [3.63, 3.8) is 0 Å². The van der Waals surface area contributed by atoms with Gasteiger partial charge in [-0.2, -0.15) is 0 Å². The molecule has 3 atom stereocenters. The molecule has 6 nitrogen and oxygen atoms in total. The highest BCUT2D eigenvalue weighted by Crippen LogP contribution is 2.14. The average Bonchev–Trinajstić information content (AvgIpc) is 2.86. The third kappa shape index (κ3) is 2.33. The standard InChI is InChI=1S/C10H17N3O3/c1-11-8-5-16-4-7(8)10(15)13-6-2-9(14)12-3-6/h6-8,11H,2-5H2,1H3,(H,12,14)(H,13,15). The lowest BCUT2D eigenvalue weighted by atomic mass is 10.0. The van der Waals surface area contributed by atoms with Gasteiger partial charge in [0.2, 0.25) is 11.8 Å². The number of carbonyl (C=O) groups is 2. The number of hydrogen-bond donors (Lipinski definition) is 3. The van der Waals surface area contributed by atoms with Gasteiger partial charge in [0.05, 0.1) is 25.2 Å². The predicted molar refractivity (Wildman–Crippen MR) is 56.7 cm³/mol. The molecule has 2 heterocycles. The summed E-state index contributed by atoms with van der Waals surface area (Å²) in [6.07, 6.45) is 0.379. The number of ether oxygens (including phenoxy) is 1. The van der Waals surface area contributed by atoms with E-state index >= 15 is 0 Å². The normalized spacial score (nSPS) is 33.8. The molecule has 16 heavy (non-hydrogen) atoms. The summed E-state index contributed by atoms with van der Waals surface area (Å²) in [6.45, 7) is 1.55. The molecular weight excluding hydrogens is 210 g/mol. The maximum absolute atomic E-state index is 11.9. The van der Waals surface area contributed by atoms with E-state index in [4.69, 9.17) is 4.74 Å². The van der Waals surface area contributed by atoms with Gasteiger partial charge in [-0.25, -0.2) is 0 Å². The van der Waals surface area contributed by atoms with Crippen molar-refractivity contribution in [3.05, 3.63) is 0 Å². The Kier molecular flexibility index (Phi) is 3.40. The van der Waals surface area contributed by atoms with Gasteiger partial charge in [0.15, 0.2) is 0 Å². The molecule has 0 saturated carbocycles. The second kappa shape index (κ2) is 4.80. The summed E-state index contributed by atoms with van der Waals surface area (Å²) in [5, 5.41) is 8.62. The van der Waals surface area contributed by atoms with Gasteiger partial charge in [-0.1, -0.05) is 0 Å². The van der Waals surface area contributed by atoms with E-state index in [1.807, 2.05) is 7.05 Å². The van der Waals surface area contributed by atoms with Crippen molar-refractivity contribution in [2.45, 2.75) is 18.5 Å². The fourth-order valence-corrected chi connectivity index (χ4v) is 2.11. The molecule has 2 amide bonds. The summed E-state index contributed by atoms with van der Waals surface area (Å²) in [5.41, 5.74) is 0. The monoisotopic (exact) mass is 227 g/mol. The van der Waals surface area contributed by atoms with Crippen molar-refractivity contribution in [2.75, 3.05) is 26.8 Å². The van der Waals surface area contributed by atoms with E-state index in [-0.39, 0.29) is 29.8 Å². The van der Waals surface area contributed by atoms with Crippen molar-refractivity contribution in [3.8, 4) is 0 Å². The average molecular weight is 227 g/mol. The molecule has 3 N–H and O–H groups in total. The zero-order valence-electron chi connectivity index (χ0n) is 9.29. The first kappa shape index (κ1) is 11.3. The second-order valence-corrected chi connectivity index (χ2v) is 4.25. The Morgan fingerprint density at radius 3 is 2.94 bits per heavy atom. The molecule has 0 aliphatic carbocycles. The first-order valence-corrected chi connectivity index (χ1v) is 5.53. The van der Waals surface area contributed by atoms with Crippen molar-refractivity contribution in [1.29, 1.82) is 0 Å². The number of carbonyl (C=O) groups excluding carboxylic acids is 2. The molecule has 0 aromatic heterocycles. The predicted octanol–water partition coefficient (Wildman–Crippen LogP) is -1.77. The van der Waals surface area contributed by atoms with Crippen LogP contribution in [-0.4, -0.2) is 50.7 Å². The SMILES string of the molecule is CNC1COCC1C(=O)NC1CNC(=O)C1. The number of likely N-dealkylation sites (N-methyl/N-ethyl adjacent to an activating group) is 1. The smallest absolute Gasteiger partial charge is 0.227 e. The molecular formula is C10H17N3O3. The zero-order valence-corrected chi connectivity index (χ0v) is 9.29. The minimum absolute atomic E-state index is 0.00172. The van der Waals surface area contributed by atoms with Gasteiger partial charge in [-0.05, 0) is 7.05 Å². The molecule has 2 rings (SSSR count). The molecule has 2 aliphatic heterocycles. The first-order chi connectivity index (χ1) is 7.70. The minimum Gasteiger partial charge on any atom is -0.379 e. The largest absolute Gasteiger partial charge is 0.379 e. The van der Waals surface area contributed by atoms with E-state index in [9.17, 15) is 9.59 Å². The summed E-state index contributed by atoms with van der Waals surface area (Å²) in [5.74, 6) is -0.183. The van der Waals surface area contributed by atoms with Crippen LogP contribution in [0.15, 0.2) is 0 Å². The summed E-state index contributed by atoms with van der Waals surface area (Å²) < 4.78 is 5.26. The Balaban J connectivity index is 1.85. The van der Waals surface area contributed by atoms with Gasteiger partial charge < -0.3 is 20.7 Å². The third-order valence-electron chi connectivity index (χ3n) is 3.11. The Hall–Kier alpha value is -1.14. The van der Waals surface area contributed by atoms with Crippen molar-refractivity contribution < 1.29 is 14.3 Å². The van der Waals surface area contributed by atoms with Gasteiger partial charge in [-0.15, -0.1) is 0 Å². The minimum atomic E-state index is -0.152. The molecule has 0 radical (unpaired) electrons. The lowest BCUT2D eigenvalue weighted by Crippen LogP contribution is -2.46. The van der Waals surface area contributed by atoms with E-state index in [0.29, 0.717) is 26.2 Å². The molecule has 0 aromatic carbocycles. The fraction of sp³-hybridized carbons (Fsp3) is 0.800. The molecule has 2 aliphatic rings. The molecule has 6 heteroatoms. The summed E-state index contributed by atoms with van der Waals surface area (Å²) in [7, 11) is 1.82. The summed E-state index contributed by atoms with van der Waals surface area (Å²) >= 11 is 0. The molecule has 0 spiro atoms. The van der Waals surface area contributed by atoms with Crippen LogP contribution in [0.3, 0.4) is 0 Å². The Morgan fingerprint density at radius 2 is 2.31 bits per heavy atom. The lowest BCUT2D eigenvalue weighted by molar-refractivity contribution is -0.126. The lowest BCUT2D eigenvalue weighted by Gasteiger charge is -2.18. The quantitative estimate of drug-likeness (QED) is 0.533. The molecule has 0 bridgehead atoms. The Morgan fingerprint density at radius 1 is 1.50 bits per heavy atom. The van der Waals surface area contributed by atoms with Crippen LogP contribution in [0, 0.1) is 5.92 Å². The summed E-state index contributed by atoms with van der Waals surface area (Å²) in [4.78, 5) is 22.9. The van der Waals surface area contributed by atoms with Crippen LogP contribution in [0.1, 0.15) is 6.42 Å². The summed E-state index contributed by atoms with van der Waals surface area (Å²) in [6, 6.07) is 0.00294. The van der Waals surface area contributed by atoms with Gasteiger partial charge in [0, 0.05) is 19.0 Å². The van der Waals surface area contributed by atoms with Crippen LogP contribution in [0.4, 0.5) is 0 Å². The van der Waals surface area contributed by atoms with Gasteiger partial charge in [0.1, 0.15) is 0 Å². The van der Waals surface area contributed by atoms with Crippen LogP contribution in [0.5, 0.6) is 0 Å². The number of hydrogen-bond acceptors (Lipinski definition) is 4. The van der Waals surface area contributed by atoms with Gasteiger partial charge >= 0.3 is 0 Å². The number of nitrogens with one attached hydrogen (secondary N) is 3. The topological polar surface area (TPSA) is 79.5 Å². The highest BCUT2D eigenvalue weighted by atomic mass is 16.5. The van der Waals surface area contributed by atoms with E-state index < -0.39 is 0 Å². The van der Waals surface area contributed by atoms with E-state index in [0.717, 1.165) is 0 Å². The maximum Gasteiger partial charge on any atom is 0.227 e. The van der Waals surface area contributed by atoms with Crippen LogP contribution < -0.4 is 16.0 Å². The zero-order chi connectivity index (χ0) is 11.5. The van der Waals surface area contributed by atoms with Gasteiger partial charge in [0.25, 0.3) is 0 Å². The van der Waals surface area contributed by atoms with E-state index in [1.165, 1.54) is 0 Å². The highest BCUT2D eigenvalue weighted by Gasteiger charge is 2.34. The van der Waals surface area contributed by atoms with Crippen LogP contribution in [0.2, 0.25) is 0 Å². The van der Waals surface area contributed by atoms with E-state index in [1.54, 1.807) is 0 Å². The number of rotatable bonds is 3. The van der Waals surface area contributed by atoms with Crippen molar-refractivity contribution in [2.24, 2.45) is 5.92 Å². The molecule has 2 fully saturated rings. The number of amides is 2. The van der Waals surface area contributed by atoms with Crippen molar-refractivity contribution >= 4 is 11.8 Å². The van der Waals surface area contributed by atoms with Crippen LogP contribution in [-0.2, 0) is 14.3 Å². The molecule has 90 valence electrons. The first-order valence-electron chi connectivity index (χ1n) is 5.53. The Labute approximate surface area is 94.1 Å². The van der Waals surface area contributed by atoms with Gasteiger partial charge in [-0.3, -0.25) is 9.59 Å².